The van der Waals surface area contributed by atoms with Crippen molar-refractivity contribution in [1.82, 2.24) is 19.9 Å². The third-order valence-electron chi connectivity index (χ3n) is 5.08. The van der Waals surface area contributed by atoms with Gasteiger partial charge in [-0.2, -0.15) is 0 Å². The highest BCUT2D eigenvalue weighted by Gasteiger charge is 2.28. The molecule has 2 heterocycles. The number of nitrogens with zero attached hydrogens (tertiary/aromatic N) is 3. The summed E-state index contributed by atoms with van der Waals surface area (Å²) in [7, 11) is 0. The predicted molar refractivity (Wildman–Crippen MR) is 119 cm³/mol. The van der Waals surface area contributed by atoms with Crippen LogP contribution >= 0.6 is 27.7 Å². The van der Waals surface area contributed by atoms with Gasteiger partial charge in [-0.1, -0.05) is 11.8 Å². The van der Waals surface area contributed by atoms with Gasteiger partial charge in [-0.25, -0.2) is 14.8 Å². The van der Waals surface area contributed by atoms with E-state index in [0.717, 1.165) is 36.6 Å². The molecule has 29 heavy (non-hydrogen) atoms. The van der Waals surface area contributed by atoms with Crippen LogP contribution in [0.2, 0.25) is 0 Å². The molecule has 1 aliphatic carbocycles. The van der Waals surface area contributed by atoms with E-state index in [2.05, 4.69) is 31.2 Å². The molecule has 0 saturated heterocycles. The lowest BCUT2D eigenvalue weighted by molar-refractivity contribution is 0.0488. The first-order valence-corrected chi connectivity index (χ1v) is 11.7. The summed E-state index contributed by atoms with van der Waals surface area (Å²) in [5.41, 5.74) is 0.952. The van der Waals surface area contributed by atoms with Crippen molar-refractivity contribution < 1.29 is 9.53 Å². The minimum Gasteiger partial charge on any atom is -0.444 e. The maximum absolute atomic E-state index is 13.1. The van der Waals surface area contributed by atoms with Gasteiger partial charge < -0.3 is 10.1 Å². The molecule has 0 aliphatic heterocycles. The van der Waals surface area contributed by atoms with Crippen LogP contribution in [0, 0.1) is 6.92 Å². The van der Waals surface area contributed by atoms with Crippen molar-refractivity contribution in [3.8, 4) is 0 Å². The summed E-state index contributed by atoms with van der Waals surface area (Å²) >= 11 is 4.91. The number of thioether (sulfide) groups is 1. The number of ether oxygens (including phenoxy) is 1. The summed E-state index contributed by atoms with van der Waals surface area (Å²) in [4.78, 5) is 34.1. The largest absolute Gasteiger partial charge is 0.444 e. The Morgan fingerprint density at radius 1 is 1.31 bits per heavy atom. The smallest absolute Gasteiger partial charge is 0.407 e. The molecule has 0 spiro atoms. The second-order valence-electron chi connectivity index (χ2n) is 8.36. The van der Waals surface area contributed by atoms with Gasteiger partial charge in [-0.3, -0.25) is 9.36 Å². The van der Waals surface area contributed by atoms with Crippen molar-refractivity contribution >= 4 is 44.8 Å². The van der Waals surface area contributed by atoms with E-state index in [-0.39, 0.29) is 23.7 Å². The normalized spacial score (nSPS) is 19.9. The summed E-state index contributed by atoms with van der Waals surface area (Å²) in [6.07, 6.45) is 6.45. The van der Waals surface area contributed by atoms with Crippen molar-refractivity contribution in [3.05, 3.63) is 26.6 Å². The number of alkyl carbamates (subject to hydrolysis) is 1. The van der Waals surface area contributed by atoms with E-state index in [0.29, 0.717) is 15.3 Å². The topological polar surface area (TPSA) is 86.1 Å². The summed E-state index contributed by atoms with van der Waals surface area (Å²) < 4.78 is 7.71. The minimum absolute atomic E-state index is 0.0307. The van der Waals surface area contributed by atoms with Crippen LogP contribution in [0.4, 0.5) is 4.79 Å². The van der Waals surface area contributed by atoms with Crippen LogP contribution in [0.1, 0.15) is 58.1 Å². The maximum atomic E-state index is 13.1. The monoisotopic (exact) mass is 482 g/mol. The molecule has 0 radical (unpaired) electrons. The van der Waals surface area contributed by atoms with Gasteiger partial charge in [0.1, 0.15) is 11.2 Å². The second-order valence-corrected chi connectivity index (χ2v) is 9.93. The molecule has 1 fully saturated rings. The van der Waals surface area contributed by atoms with Gasteiger partial charge in [-0.15, -0.1) is 0 Å². The number of aryl methyl sites for hydroxylation is 1. The lowest BCUT2D eigenvalue weighted by atomic mass is 9.90. The molecule has 1 amide bonds. The summed E-state index contributed by atoms with van der Waals surface area (Å²) in [6.45, 7) is 7.45. The molecule has 1 saturated carbocycles. The first-order valence-electron chi connectivity index (χ1n) is 9.71. The number of rotatable bonds is 3. The summed E-state index contributed by atoms with van der Waals surface area (Å²) in [5.74, 6) is 0. The number of carbonyl (C=O) groups excluding carboxylic acids is 1. The van der Waals surface area contributed by atoms with Gasteiger partial charge in [0.25, 0.3) is 5.56 Å². The number of carbonyl (C=O) groups is 1. The van der Waals surface area contributed by atoms with Crippen molar-refractivity contribution in [1.29, 1.82) is 0 Å². The minimum atomic E-state index is -0.517. The fourth-order valence-corrected chi connectivity index (χ4v) is 4.42. The molecular weight excluding hydrogens is 456 g/mol. The van der Waals surface area contributed by atoms with Gasteiger partial charge in [-0.05, 0) is 81.1 Å². The van der Waals surface area contributed by atoms with E-state index in [1.165, 1.54) is 11.8 Å². The summed E-state index contributed by atoms with van der Waals surface area (Å²) in [6, 6.07) is 0.0801. The van der Waals surface area contributed by atoms with Crippen LogP contribution < -0.4 is 10.9 Å². The lowest BCUT2D eigenvalue weighted by Crippen LogP contribution is -2.42. The molecule has 2 aromatic rings. The maximum Gasteiger partial charge on any atom is 0.407 e. The zero-order valence-electron chi connectivity index (χ0n) is 17.4. The zero-order chi connectivity index (χ0) is 21.3. The predicted octanol–water partition coefficient (Wildman–Crippen LogP) is 4.59. The number of nitrogens with one attached hydrogen (secondary N) is 1. The van der Waals surface area contributed by atoms with Gasteiger partial charge in [0, 0.05) is 23.7 Å². The third-order valence-corrected chi connectivity index (χ3v) is 6.58. The number of aromatic nitrogens is 3. The third kappa shape index (κ3) is 4.94. The fourth-order valence-electron chi connectivity index (χ4n) is 3.68. The Labute approximate surface area is 183 Å². The van der Waals surface area contributed by atoms with Crippen LogP contribution in [0.25, 0.3) is 11.0 Å². The number of fused-ring (bicyclic) bond motifs is 1. The molecule has 2 aromatic heterocycles. The number of amides is 1. The molecular formula is C20H27BrN4O3S. The van der Waals surface area contributed by atoms with Crippen LogP contribution in [0.15, 0.2) is 20.6 Å². The molecule has 3 rings (SSSR count). The molecule has 158 valence electrons. The fraction of sp³-hybridized carbons (Fsp3) is 0.600. The Balaban J connectivity index is 1.84. The van der Waals surface area contributed by atoms with Crippen molar-refractivity contribution in [3.63, 3.8) is 0 Å². The Morgan fingerprint density at radius 3 is 2.55 bits per heavy atom. The summed E-state index contributed by atoms with van der Waals surface area (Å²) in [5, 5.41) is 4.48. The van der Waals surface area contributed by atoms with Crippen molar-refractivity contribution in [2.75, 3.05) is 6.26 Å². The van der Waals surface area contributed by atoms with Crippen LogP contribution in [0.5, 0.6) is 0 Å². The Bertz CT molecular complexity index is 978. The molecule has 0 bridgehead atoms. The van der Waals surface area contributed by atoms with E-state index < -0.39 is 5.60 Å². The van der Waals surface area contributed by atoms with Crippen LogP contribution in [-0.4, -0.2) is 38.5 Å². The van der Waals surface area contributed by atoms with Gasteiger partial charge in [0.05, 0.1) is 4.47 Å². The van der Waals surface area contributed by atoms with E-state index in [9.17, 15) is 9.59 Å². The Morgan fingerprint density at radius 2 is 1.97 bits per heavy atom. The second kappa shape index (κ2) is 8.63. The first kappa shape index (κ1) is 22.1. The van der Waals surface area contributed by atoms with Crippen LogP contribution in [0.3, 0.4) is 0 Å². The number of pyridine rings is 1. The molecule has 0 atom stereocenters. The van der Waals surface area contributed by atoms with Gasteiger partial charge in [0.15, 0.2) is 5.16 Å². The van der Waals surface area contributed by atoms with E-state index in [1.807, 2.05) is 34.0 Å². The first-order chi connectivity index (χ1) is 13.6. The standard InChI is InChI=1S/C20H27BrN4O3S/c1-11-14-10-22-18(29-5)24-16(14)25(17(26)15(11)21)13-8-6-12(7-9-13)23-19(27)28-20(2,3)4/h10,12-13H,6-9H2,1-5H3,(H,23,27). The lowest BCUT2D eigenvalue weighted by Gasteiger charge is -2.31. The molecule has 1 aliphatic rings. The highest BCUT2D eigenvalue weighted by Crippen LogP contribution is 2.32. The van der Waals surface area contributed by atoms with Crippen molar-refractivity contribution in [2.45, 2.75) is 76.2 Å². The molecule has 1 N–H and O–H groups in total. The van der Waals surface area contributed by atoms with Gasteiger partial charge in [0.2, 0.25) is 0 Å². The van der Waals surface area contributed by atoms with E-state index in [4.69, 9.17) is 4.74 Å². The van der Waals surface area contributed by atoms with Crippen molar-refractivity contribution in [2.24, 2.45) is 0 Å². The molecule has 9 heteroatoms. The highest BCUT2D eigenvalue weighted by molar-refractivity contribution is 9.10. The Kier molecular flexibility index (Phi) is 6.57. The average molecular weight is 483 g/mol. The van der Waals surface area contributed by atoms with Crippen LogP contribution in [-0.2, 0) is 4.74 Å². The van der Waals surface area contributed by atoms with E-state index in [1.54, 1.807) is 10.8 Å². The number of hydrogen-bond acceptors (Lipinski definition) is 6. The molecule has 0 unspecified atom stereocenters. The molecule has 0 aromatic carbocycles. The van der Waals surface area contributed by atoms with Gasteiger partial charge >= 0.3 is 6.09 Å². The number of hydrogen-bond donors (Lipinski definition) is 1. The SMILES string of the molecule is CSc1ncc2c(C)c(Br)c(=O)n(C3CCC(NC(=O)OC(C)(C)C)CC3)c2n1. The highest BCUT2D eigenvalue weighted by atomic mass is 79.9. The average Bonchev–Trinajstić information content (AvgIpc) is 2.65. The number of halogens is 1. The Hall–Kier alpha value is -1.61. The quantitative estimate of drug-likeness (QED) is 0.508. The van der Waals surface area contributed by atoms with E-state index >= 15 is 0 Å². The molecule has 7 nitrogen and oxygen atoms in total. The zero-order valence-corrected chi connectivity index (χ0v) is 19.8.